The number of para-hydroxylation sites is 1. The maximum absolute atomic E-state index is 12.8. The van der Waals surface area contributed by atoms with E-state index >= 15 is 0 Å². The van der Waals surface area contributed by atoms with Crippen molar-refractivity contribution in [2.75, 3.05) is 14.8 Å². The lowest BCUT2D eigenvalue weighted by molar-refractivity contribution is 0.102. The van der Waals surface area contributed by atoms with Crippen molar-refractivity contribution >= 4 is 70.5 Å². The molecule has 1 amide bonds. The number of benzene rings is 4. The van der Waals surface area contributed by atoms with Crippen molar-refractivity contribution in [2.24, 2.45) is 0 Å². The van der Waals surface area contributed by atoms with Crippen LogP contribution in [0.1, 0.15) is 10.4 Å². The number of carbonyl (C=O) groups excluding carboxylic acids is 1. The van der Waals surface area contributed by atoms with Gasteiger partial charge in [-0.05, 0) is 78.9 Å². The Labute approximate surface area is 227 Å². The number of carbonyl (C=O) groups is 1. The van der Waals surface area contributed by atoms with Crippen molar-refractivity contribution in [3.63, 3.8) is 0 Å². The number of nitrogens with one attached hydrogen (secondary N) is 3. The van der Waals surface area contributed by atoms with Gasteiger partial charge in [-0.2, -0.15) is 0 Å². The van der Waals surface area contributed by atoms with Gasteiger partial charge < -0.3 is 5.32 Å². The van der Waals surface area contributed by atoms with Crippen molar-refractivity contribution in [3.05, 3.63) is 112 Å². The van der Waals surface area contributed by atoms with Crippen LogP contribution in [-0.4, -0.2) is 22.7 Å². The third kappa shape index (κ3) is 6.69. The van der Waals surface area contributed by atoms with E-state index in [0.29, 0.717) is 17.1 Å². The first-order chi connectivity index (χ1) is 17.5. The van der Waals surface area contributed by atoms with Crippen molar-refractivity contribution in [1.82, 2.24) is 0 Å². The molecule has 190 valence electrons. The third-order valence-corrected chi connectivity index (χ3v) is 8.82. The van der Waals surface area contributed by atoms with E-state index in [1.54, 1.807) is 54.6 Å². The standard InChI is InChI=1S/C25H19BrClN3O5S2/c26-18-7-9-21(10-8-18)29-36(32,33)22-13-11-19(12-14-22)28-25(31)17-6-15-23(27)24(16-17)37(34,35)30-20-4-2-1-3-5-20/h1-16,29-30H,(H,28,31). The molecule has 0 radical (unpaired) electrons. The number of hydrogen-bond acceptors (Lipinski definition) is 5. The summed E-state index contributed by atoms with van der Waals surface area (Å²) in [6.45, 7) is 0. The van der Waals surface area contributed by atoms with Crippen LogP contribution in [0, 0.1) is 0 Å². The Bertz CT molecular complexity index is 1650. The minimum absolute atomic E-state index is 0.000256. The maximum Gasteiger partial charge on any atom is 0.263 e. The fourth-order valence-electron chi connectivity index (χ4n) is 3.22. The fraction of sp³-hybridized carbons (Fsp3) is 0. The van der Waals surface area contributed by atoms with Gasteiger partial charge in [0.2, 0.25) is 0 Å². The van der Waals surface area contributed by atoms with Gasteiger partial charge in [0.05, 0.1) is 9.92 Å². The first-order valence-corrected chi connectivity index (χ1v) is 14.7. The summed E-state index contributed by atoms with van der Waals surface area (Å²) in [6, 6.07) is 24.4. The molecule has 0 heterocycles. The summed E-state index contributed by atoms with van der Waals surface area (Å²) >= 11 is 9.42. The smallest absolute Gasteiger partial charge is 0.263 e. The SMILES string of the molecule is O=C(Nc1ccc(S(=O)(=O)Nc2ccc(Br)cc2)cc1)c1ccc(Cl)c(S(=O)(=O)Nc2ccccc2)c1. The molecule has 0 atom stereocenters. The molecule has 0 unspecified atom stereocenters. The van der Waals surface area contributed by atoms with E-state index in [1.807, 2.05) is 0 Å². The Hall–Kier alpha value is -3.38. The minimum Gasteiger partial charge on any atom is -0.322 e. The highest BCUT2D eigenvalue weighted by Gasteiger charge is 2.21. The zero-order valence-corrected chi connectivity index (χ0v) is 22.8. The first kappa shape index (κ1) is 26.7. The predicted molar refractivity (Wildman–Crippen MR) is 148 cm³/mol. The Kier molecular flexibility index (Phi) is 7.88. The molecule has 4 aromatic rings. The van der Waals surface area contributed by atoms with Crippen LogP contribution >= 0.6 is 27.5 Å². The molecule has 0 saturated carbocycles. The Balaban J connectivity index is 1.49. The molecular formula is C25H19BrClN3O5S2. The maximum atomic E-state index is 12.8. The summed E-state index contributed by atoms with van der Waals surface area (Å²) in [6.07, 6.45) is 0. The molecule has 0 spiro atoms. The molecular weight excluding hydrogens is 602 g/mol. The van der Waals surface area contributed by atoms with E-state index in [-0.39, 0.29) is 20.4 Å². The highest BCUT2D eigenvalue weighted by atomic mass is 79.9. The van der Waals surface area contributed by atoms with Crippen molar-refractivity contribution in [1.29, 1.82) is 0 Å². The highest BCUT2D eigenvalue weighted by Crippen LogP contribution is 2.26. The molecule has 4 rings (SSSR count). The largest absolute Gasteiger partial charge is 0.322 e. The van der Waals surface area contributed by atoms with Crippen molar-refractivity contribution < 1.29 is 21.6 Å². The van der Waals surface area contributed by atoms with E-state index in [1.165, 1.54) is 42.5 Å². The van der Waals surface area contributed by atoms with Crippen LogP contribution in [0.2, 0.25) is 5.02 Å². The Morgan fingerprint density at radius 3 is 1.89 bits per heavy atom. The molecule has 12 heteroatoms. The summed E-state index contributed by atoms with van der Waals surface area (Å²) in [7, 11) is -7.90. The number of anilines is 3. The number of halogens is 2. The third-order valence-electron chi connectivity index (χ3n) is 5.03. The van der Waals surface area contributed by atoms with Gasteiger partial charge in [0, 0.05) is 27.1 Å². The predicted octanol–water partition coefficient (Wildman–Crippen LogP) is 5.96. The summed E-state index contributed by atoms with van der Waals surface area (Å²) in [5, 5.41) is 2.57. The number of hydrogen-bond donors (Lipinski definition) is 3. The van der Waals surface area contributed by atoms with Gasteiger partial charge in [0.15, 0.2) is 0 Å². The van der Waals surface area contributed by atoms with Gasteiger partial charge >= 0.3 is 0 Å². The molecule has 0 saturated heterocycles. The molecule has 0 aliphatic rings. The molecule has 8 nitrogen and oxygen atoms in total. The van der Waals surface area contributed by atoms with Gasteiger partial charge in [0.25, 0.3) is 26.0 Å². The zero-order valence-electron chi connectivity index (χ0n) is 18.9. The quantitative estimate of drug-likeness (QED) is 0.225. The van der Waals surface area contributed by atoms with Crippen molar-refractivity contribution in [3.8, 4) is 0 Å². The molecule has 0 aliphatic carbocycles. The summed E-state index contributed by atoms with van der Waals surface area (Å²) in [5.41, 5.74) is 1.11. The number of sulfonamides is 2. The van der Waals surface area contributed by atoms with Crippen LogP contribution in [0.15, 0.2) is 111 Å². The fourth-order valence-corrected chi connectivity index (χ4v) is 6.13. The second kappa shape index (κ2) is 10.9. The lowest BCUT2D eigenvalue weighted by Crippen LogP contribution is -2.16. The van der Waals surface area contributed by atoms with Crippen molar-refractivity contribution in [2.45, 2.75) is 9.79 Å². The van der Waals surface area contributed by atoms with Crippen LogP contribution in [0.5, 0.6) is 0 Å². The molecule has 0 aromatic heterocycles. The van der Waals surface area contributed by atoms with E-state index < -0.39 is 26.0 Å². The number of rotatable bonds is 8. The first-order valence-electron chi connectivity index (χ1n) is 10.6. The molecule has 0 bridgehead atoms. The molecule has 4 aromatic carbocycles. The van der Waals surface area contributed by atoms with E-state index in [4.69, 9.17) is 11.6 Å². The van der Waals surface area contributed by atoms with E-state index in [0.717, 1.165) is 4.47 Å². The summed E-state index contributed by atoms with van der Waals surface area (Å²) in [4.78, 5) is 12.6. The van der Waals surface area contributed by atoms with Gasteiger partial charge in [0.1, 0.15) is 4.90 Å². The molecule has 0 aliphatic heterocycles. The van der Waals surface area contributed by atoms with E-state index in [9.17, 15) is 21.6 Å². The Morgan fingerprint density at radius 1 is 0.676 bits per heavy atom. The summed E-state index contributed by atoms with van der Waals surface area (Å²) in [5.74, 6) is -0.601. The second-order valence-corrected chi connectivity index (χ2v) is 12.4. The van der Waals surface area contributed by atoms with Gasteiger partial charge in [-0.25, -0.2) is 16.8 Å². The van der Waals surface area contributed by atoms with Gasteiger partial charge in [-0.1, -0.05) is 45.7 Å². The monoisotopic (exact) mass is 619 g/mol. The average Bonchev–Trinajstić information content (AvgIpc) is 2.86. The average molecular weight is 621 g/mol. The lowest BCUT2D eigenvalue weighted by Gasteiger charge is -2.12. The minimum atomic E-state index is -4.06. The van der Waals surface area contributed by atoms with Crippen LogP contribution in [0.4, 0.5) is 17.1 Å². The topological polar surface area (TPSA) is 121 Å². The molecule has 3 N–H and O–H groups in total. The molecule has 0 fully saturated rings. The van der Waals surface area contributed by atoms with E-state index in [2.05, 4.69) is 30.7 Å². The van der Waals surface area contributed by atoms with Crippen LogP contribution in [0.3, 0.4) is 0 Å². The second-order valence-electron chi connectivity index (χ2n) is 7.71. The van der Waals surface area contributed by atoms with Crippen LogP contribution in [0.25, 0.3) is 0 Å². The highest BCUT2D eigenvalue weighted by molar-refractivity contribution is 9.10. The van der Waals surface area contributed by atoms with Crippen LogP contribution in [-0.2, 0) is 20.0 Å². The Morgan fingerprint density at radius 2 is 1.24 bits per heavy atom. The zero-order chi connectivity index (χ0) is 26.6. The lowest BCUT2D eigenvalue weighted by atomic mass is 10.2. The normalized spacial score (nSPS) is 11.5. The summed E-state index contributed by atoms with van der Waals surface area (Å²) < 4.78 is 56.7. The molecule has 37 heavy (non-hydrogen) atoms. The van der Waals surface area contributed by atoms with Gasteiger partial charge in [-0.15, -0.1) is 0 Å². The van der Waals surface area contributed by atoms with Gasteiger partial charge in [-0.3, -0.25) is 14.2 Å². The number of amides is 1. The van der Waals surface area contributed by atoms with Crippen LogP contribution < -0.4 is 14.8 Å².